The molecule has 132 valence electrons. The second-order valence-electron chi connectivity index (χ2n) is 6.72. The van der Waals surface area contributed by atoms with Crippen LogP contribution in [0.1, 0.15) is 23.2 Å². The molecule has 0 saturated carbocycles. The first kappa shape index (κ1) is 16.7. The summed E-state index contributed by atoms with van der Waals surface area (Å²) in [6.07, 6.45) is 5.19. The first-order chi connectivity index (χ1) is 12.7. The van der Waals surface area contributed by atoms with Crippen molar-refractivity contribution in [3.05, 3.63) is 60.4 Å². The molecule has 1 aliphatic rings. The molecule has 0 N–H and O–H groups in total. The summed E-state index contributed by atoms with van der Waals surface area (Å²) in [6.45, 7) is 1.91. The lowest BCUT2D eigenvalue weighted by atomic mass is 10.0. The topological polar surface area (TPSA) is 55.3 Å². The maximum Gasteiger partial charge on any atom is 0.339 e. The van der Waals surface area contributed by atoms with E-state index in [0.29, 0.717) is 5.56 Å². The van der Waals surface area contributed by atoms with Gasteiger partial charge in [-0.1, -0.05) is 18.2 Å². The normalized spacial score (nSPS) is 15.9. The molecule has 0 spiro atoms. The van der Waals surface area contributed by atoms with Gasteiger partial charge in [0.2, 0.25) is 0 Å². The number of carbonyl (C=O) groups excluding carboxylic acids is 1. The van der Waals surface area contributed by atoms with Crippen LogP contribution in [0.15, 0.2) is 54.9 Å². The van der Waals surface area contributed by atoms with Gasteiger partial charge in [-0.15, -0.1) is 0 Å². The lowest BCUT2D eigenvalue weighted by Crippen LogP contribution is -2.35. The zero-order valence-corrected chi connectivity index (χ0v) is 14.8. The summed E-state index contributed by atoms with van der Waals surface area (Å²) in [5, 5.41) is 0.822. The van der Waals surface area contributed by atoms with Crippen LogP contribution < -0.4 is 0 Å². The first-order valence-electron chi connectivity index (χ1n) is 8.90. The molecule has 0 radical (unpaired) electrons. The van der Waals surface area contributed by atoms with Gasteiger partial charge in [0.25, 0.3) is 0 Å². The molecule has 5 nitrogen and oxygen atoms in total. The Morgan fingerprint density at radius 2 is 1.85 bits per heavy atom. The Hall–Kier alpha value is -2.79. The largest absolute Gasteiger partial charge is 0.459 e. The summed E-state index contributed by atoms with van der Waals surface area (Å²) in [5.41, 5.74) is 3.04. The third kappa shape index (κ3) is 3.44. The van der Waals surface area contributed by atoms with E-state index >= 15 is 0 Å². The van der Waals surface area contributed by atoms with Crippen molar-refractivity contribution in [3.8, 4) is 11.3 Å². The van der Waals surface area contributed by atoms with Crippen LogP contribution in [0.3, 0.4) is 0 Å². The number of nitrogens with zero attached hydrogens (tertiary/aromatic N) is 3. The molecule has 26 heavy (non-hydrogen) atoms. The smallest absolute Gasteiger partial charge is 0.339 e. The highest BCUT2D eigenvalue weighted by atomic mass is 16.5. The van der Waals surface area contributed by atoms with Crippen LogP contribution in [0.4, 0.5) is 0 Å². The molecule has 1 aromatic carbocycles. The van der Waals surface area contributed by atoms with E-state index < -0.39 is 0 Å². The Morgan fingerprint density at radius 3 is 2.62 bits per heavy atom. The third-order valence-corrected chi connectivity index (χ3v) is 4.85. The van der Waals surface area contributed by atoms with Crippen LogP contribution in [0.25, 0.3) is 22.2 Å². The van der Waals surface area contributed by atoms with Gasteiger partial charge in [0, 0.05) is 36.4 Å². The predicted octanol–water partition coefficient (Wildman–Crippen LogP) is 3.55. The molecule has 1 aliphatic heterocycles. The fourth-order valence-electron chi connectivity index (χ4n) is 3.33. The van der Waals surface area contributed by atoms with Crippen molar-refractivity contribution in [3.63, 3.8) is 0 Å². The van der Waals surface area contributed by atoms with Crippen molar-refractivity contribution in [2.45, 2.75) is 18.9 Å². The van der Waals surface area contributed by atoms with Gasteiger partial charge in [-0.3, -0.25) is 4.98 Å². The molecular weight excluding hydrogens is 326 g/mol. The van der Waals surface area contributed by atoms with E-state index in [1.807, 2.05) is 42.5 Å². The second-order valence-corrected chi connectivity index (χ2v) is 6.72. The van der Waals surface area contributed by atoms with Crippen LogP contribution in [0, 0.1) is 0 Å². The van der Waals surface area contributed by atoms with Crippen LogP contribution >= 0.6 is 0 Å². The number of pyridine rings is 2. The van der Waals surface area contributed by atoms with Crippen LogP contribution in [0.2, 0.25) is 0 Å². The van der Waals surface area contributed by atoms with Crippen molar-refractivity contribution < 1.29 is 9.53 Å². The highest BCUT2D eigenvalue weighted by molar-refractivity contribution is 6.04. The van der Waals surface area contributed by atoms with Gasteiger partial charge in [-0.05, 0) is 44.2 Å². The molecule has 3 heterocycles. The first-order valence-corrected chi connectivity index (χ1v) is 8.90. The molecular formula is C21H21N3O2. The van der Waals surface area contributed by atoms with Crippen LogP contribution in [-0.2, 0) is 4.74 Å². The van der Waals surface area contributed by atoms with E-state index in [1.165, 1.54) is 0 Å². The van der Waals surface area contributed by atoms with E-state index in [4.69, 9.17) is 9.72 Å². The number of hydrogen-bond donors (Lipinski definition) is 0. The maximum absolute atomic E-state index is 12.9. The predicted molar refractivity (Wildman–Crippen MR) is 101 cm³/mol. The van der Waals surface area contributed by atoms with Crippen molar-refractivity contribution in [2.24, 2.45) is 0 Å². The summed E-state index contributed by atoms with van der Waals surface area (Å²) >= 11 is 0. The number of carbonyl (C=O) groups is 1. The highest BCUT2D eigenvalue weighted by Crippen LogP contribution is 2.26. The Balaban J connectivity index is 1.70. The van der Waals surface area contributed by atoms with Gasteiger partial charge < -0.3 is 9.64 Å². The number of piperidine rings is 1. The standard InChI is InChI=1S/C21H21N3O2/c1-24-12-8-16(9-13-24)26-21(25)18-14-20(15-6-10-22-11-7-15)23-19-5-3-2-4-17(18)19/h2-7,10-11,14,16H,8-9,12-13H2,1H3. The monoisotopic (exact) mass is 347 g/mol. The number of benzene rings is 1. The number of esters is 1. The number of para-hydroxylation sites is 1. The van der Waals surface area contributed by atoms with E-state index in [0.717, 1.165) is 48.1 Å². The van der Waals surface area contributed by atoms with Crippen molar-refractivity contribution in [2.75, 3.05) is 20.1 Å². The van der Waals surface area contributed by atoms with Gasteiger partial charge in [0.05, 0.1) is 16.8 Å². The van der Waals surface area contributed by atoms with Gasteiger partial charge in [-0.25, -0.2) is 9.78 Å². The molecule has 1 saturated heterocycles. The molecule has 5 heteroatoms. The van der Waals surface area contributed by atoms with Gasteiger partial charge in [0.15, 0.2) is 0 Å². The molecule has 3 aromatic rings. The fourth-order valence-corrected chi connectivity index (χ4v) is 3.33. The van der Waals surface area contributed by atoms with Crippen LogP contribution in [0.5, 0.6) is 0 Å². The molecule has 0 atom stereocenters. The Bertz CT molecular complexity index is 919. The van der Waals surface area contributed by atoms with E-state index in [9.17, 15) is 4.79 Å². The number of likely N-dealkylation sites (tertiary alicyclic amines) is 1. The van der Waals surface area contributed by atoms with Gasteiger partial charge in [-0.2, -0.15) is 0 Å². The van der Waals surface area contributed by atoms with Crippen molar-refractivity contribution in [1.82, 2.24) is 14.9 Å². The summed E-state index contributed by atoms with van der Waals surface area (Å²) in [5.74, 6) is -0.270. The molecule has 0 aliphatic carbocycles. The number of ether oxygens (including phenoxy) is 1. The van der Waals surface area contributed by atoms with E-state index in [-0.39, 0.29) is 12.1 Å². The minimum absolute atomic E-state index is 0.0185. The second kappa shape index (κ2) is 7.22. The highest BCUT2D eigenvalue weighted by Gasteiger charge is 2.23. The molecule has 0 unspecified atom stereocenters. The quantitative estimate of drug-likeness (QED) is 0.678. The Labute approximate surface area is 152 Å². The summed E-state index contributed by atoms with van der Waals surface area (Å²) in [6, 6.07) is 13.3. The number of fused-ring (bicyclic) bond motifs is 1. The van der Waals surface area contributed by atoms with Crippen molar-refractivity contribution >= 4 is 16.9 Å². The third-order valence-electron chi connectivity index (χ3n) is 4.85. The van der Waals surface area contributed by atoms with E-state index in [1.54, 1.807) is 12.4 Å². The zero-order valence-electron chi connectivity index (χ0n) is 14.8. The lowest BCUT2D eigenvalue weighted by Gasteiger charge is -2.28. The summed E-state index contributed by atoms with van der Waals surface area (Å²) in [7, 11) is 2.09. The minimum atomic E-state index is -0.270. The molecule has 0 bridgehead atoms. The number of aromatic nitrogens is 2. The average molecular weight is 347 g/mol. The molecule has 2 aromatic heterocycles. The van der Waals surface area contributed by atoms with Gasteiger partial charge >= 0.3 is 5.97 Å². The Kier molecular flexibility index (Phi) is 4.63. The maximum atomic E-state index is 12.9. The Morgan fingerprint density at radius 1 is 1.12 bits per heavy atom. The lowest BCUT2D eigenvalue weighted by molar-refractivity contribution is 0.0141. The molecule has 4 rings (SSSR count). The zero-order chi connectivity index (χ0) is 17.9. The molecule has 1 fully saturated rings. The van der Waals surface area contributed by atoms with Crippen molar-refractivity contribution in [1.29, 1.82) is 0 Å². The number of rotatable bonds is 3. The van der Waals surface area contributed by atoms with E-state index in [2.05, 4.69) is 16.9 Å². The van der Waals surface area contributed by atoms with Crippen LogP contribution in [-0.4, -0.2) is 47.1 Å². The average Bonchev–Trinajstić information content (AvgIpc) is 2.69. The minimum Gasteiger partial charge on any atom is -0.459 e. The summed E-state index contributed by atoms with van der Waals surface area (Å²) in [4.78, 5) is 23.9. The number of hydrogen-bond acceptors (Lipinski definition) is 5. The SMILES string of the molecule is CN1CCC(OC(=O)c2cc(-c3ccncc3)nc3ccccc23)CC1. The summed E-state index contributed by atoms with van der Waals surface area (Å²) < 4.78 is 5.82. The van der Waals surface area contributed by atoms with Gasteiger partial charge in [0.1, 0.15) is 6.10 Å². The molecule has 0 amide bonds. The fraction of sp³-hybridized carbons (Fsp3) is 0.286.